The third kappa shape index (κ3) is 2.06. The van der Waals surface area contributed by atoms with Crippen LogP contribution in [0.4, 0.5) is 0 Å². The molecule has 0 saturated carbocycles. The zero-order valence-electron chi connectivity index (χ0n) is 7.17. The Morgan fingerprint density at radius 2 is 2.00 bits per heavy atom. The SMILES string of the molecule is CC(=O)C(C)c1ccccc1I. The fourth-order valence-corrected chi connectivity index (χ4v) is 1.90. The molecule has 0 heterocycles. The van der Waals surface area contributed by atoms with Gasteiger partial charge in [0, 0.05) is 9.49 Å². The highest BCUT2D eigenvalue weighted by molar-refractivity contribution is 14.1. The van der Waals surface area contributed by atoms with Gasteiger partial charge in [-0.15, -0.1) is 0 Å². The number of benzene rings is 1. The minimum atomic E-state index is 0.0260. The van der Waals surface area contributed by atoms with Crippen molar-refractivity contribution in [1.82, 2.24) is 0 Å². The Hall–Kier alpha value is -0.380. The molecule has 0 spiro atoms. The molecule has 0 aliphatic heterocycles. The molecule has 0 aliphatic carbocycles. The van der Waals surface area contributed by atoms with Gasteiger partial charge in [-0.2, -0.15) is 0 Å². The lowest BCUT2D eigenvalue weighted by Gasteiger charge is -2.09. The normalized spacial score (nSPS) is 12.6. The number of carbonyl (C=O) groups excluding carboxylic acids is 1. The summed E-state index contributed by atoms with van der Waals surface area (Å²) in [5.41, 5.74) is 1.13. The molecule has 0 bridgehead atoms. The highest BCUT2D eigenvalue weighted by Crippen LogP contribution is 2.21. The van der Waals surface area contributed by atoms with E-state index in [1.165, 1.54) is 0 Å². The van der Waals surface area contributed by atoms with Crippen LogP contribution in [-0.4, -0.2) is 5.78 Å². The summed E-state index contributed by atoms with van der Waals surface area (Å²) in [6, 6.07) is 7.98. The van der Waals surface area contributed by atoms with Crippen LogP contribution in [0.5, 0.6) is 0 Å². The van der Waals surface area contributed by atoms with Crippen LogP contribution in [0.3, 0.4) is 0 Å². The summed E-state index contributed by atoms with van der Waals surface area (Å²) in [5.74, 6) is 0.247. The van der Waals surface area contributed by atoms with E-state index in [1.54, 1.807) is 6.92 Å². The van der Waals surface area contributed by atoms with Crippen molar-refractivity contribution in [3.8, 4) is 0 Å². The van der Waals surface area contributed by atoms with Crippen molar-refractivity contribution < 1.29 is 4.79 Å². The predicted octanol–water partition coefficient (Wildman–Crippen LogP) is 2.98. The van der Waals surface area contributed by atoms with Gasteiger partial charge in [-0.3, -0.25) is 4.79 Å². The molecule has 1 atom stereocenters. The van der Waals surface area contributed by atoms with Crippen molar-refractivity contribution in [2.75, 3.05) is 0 Å². The van der Waals surface area contributed by atoms with Gasteiger partial charge in [0.15, 0.2) is 0 Å². The van der Waals surface area contributed by atoms with E-state index >= 15 is 0 Å². The summed E-state index contributed by atoms with van der Waals surface area (Å²) >= 11 is 2.26. The van der Waals surface area contributed by atoms with E-state index in [0.29, 0.717) is 0 Å². The number of Topliss-reactive ketones (excluding diaryl/α,β-unsaturated/α-hetero) is 1. The summed E-state index contributed by atoms with van der Waals surface area (Å²) in [6.07, 6.45) is 0. The molecule has 1 rings (SSSR count). The first-order valence-corrected chi connectivity index (χ1v) is 4.95. The van der Waals surface area contributed by atoms with E-state index in [-0.39, 0.29) is 11.7 Å². The number of hydrogen-bond acceptors (Lipinski definition) is 1. The highest BCUT2D eigenvalue weighted by atomic mass is 127. The van der Waals surface area contributed by atoms with Gasteiger partial charge in [0.05, 0.1) is 0 Å². The van der Waals surface area contributed by atoms with Crippen molar-refractivity contribution in [2.24, 2.45) is 0 Å². The van der Waals surface area contributed by atoms with Crippen LogP contribution in [-0.2, 0) is 4.79 Å². The Labute approximate surface area is 86.3 Å². The van der Waals surface area contributed by atoms with Gasteiger partial charge in [-0.05, 0) is 41.1 Å². The molecule has 0 fully saturated rings. The number of hydrogen-bond donors (Lipinski definition) is 0. The van der Waals surface area contributed by atoms with Crippen LogP contribution < -0.4 is 0 Å². The smallest absolute Gasteiger partial charge is 0.137 e. The van der Waals surface area contributed by atoms with Gasteiger partial charge in [0.2, 0.25) is 0 Å². The lowest BCUT2D eigenvalue weighted by molar-refractivity contribution is -0.118. The number of ketones is 1. The van der Waals surface area contributed by atoms with E-state index in [2.05, 4.69) is 22.6 Å². The van der Waals surface area contributed by atoms with Crippen molar-refractivity contribution in [1.29, 1.82) is 0 Å². The molecule has 0 aromatic heterocycles. The maximum absolute atomic E-state index is 11.1. The van der Waals surface area contributed by atoms with Crippen LogP contribution in [0.2, 0.25) is 0 Å². The van der Waals surface area contributed by atoms with Gasteiger partial charge in [0.1, 0.15) is 5.78 Å². The molecule has 0 radical (unpaired) electrons. The van der Waals surface area contributed by atoms with Gasteiger partial charge < -0.3 is 0 Å². The molecule has 12 heavy (non-hydrogen) atoms. The molecule has 1 nitrogen and oxygen atoms in total. The molecule has 1 aromatic carbocycles. The van der Waals surface area contributed by atoms with Gasteiger partial charge in [-0.1, -0.05) is 25.1 Å². The lowest BCUT2D eigenvalue weighted by Crippen LogP contribution is -2.05. The molecule has 0 N–H and O–H groups in total. The molecule has 0 amide bonds. The Balaban J connectivity index is 3.02. The molecular formula is C10H11IO. The van der Waals surface area contributed by atoms with E-state index in [9.17, 15) is 4.79 Å². The fourth-order valence-electron chi connectivity index (χ4n) is 1.05. The minimum absolute atomic E-state index is 0.0260. The molecule has 1 unspecified atom stereocenters. The van der Waals surface area contributed by atoms with E-state index in [4.69, 9.17) is 0 Å². The van der Waals surface area contributed by atoms with Gasteiger partial charge >= 0.3 is 0 Å². The largest absolute Gasteiger partial charge is 0.299 e. The minimum Gasteiger partial charge on any atom is -0.299 e. The molecule has 2 heteroatoms. The van der Waals surface area contributed by atoms with Crippen molar-refractivity contribution in [3.63, 3.8) is 0 Å². The van der Waals surface area contributed by atoms with E-state index < -0.39 is 0 Å². The second-order valence-corrected chi connectivity index (χ2v) is 4.02. The second-order valence-electron chi connectivity index (χ2n) is 2.85. The second kappa shape index (κ2) is 4.03. The first-order chi connectivity index (χ1) is 5.63. The summed E-state index contributed by atoms with van der Waals surface area (Å²) < 4.78 is 1.16. The van der Waals surface area contributed by atoms with E-state index in [1.807, 2.05) is 31.2 Å². The Morgan fingerprint density at radius 3 is 2.50 bits per heavy atom. The Bertz CT molecular complexity index is 294. The Kier molecular flexibility index (Phi) is 3.26. The quantitative estimate of drug-likeness (QED) is 0.758. The maximum Gasteiger partial charge on any atom is 0.137 e. The van der Waals surface area contributed by atoms with Crippen molar-refractivity contribution in [2.45, 2.75) is 19.8 Å². The van der Waals surface area contributed by atoms with Crippen LogP contribution >= 0.6 is 22.6 Å². The van der Waals surface area contributed by atoms with Crippen molar-refractivity contribution in [3.05, 3.63) is 33.4 Å². The maximum atomic E-state index is 11.1. The third-order valence-electron chi connectivity index (χ3n) is 1.98. The molecule has 64 valence electrons. The van der Waals surface area contributed by atoms with E-state index in [0.717, 1.165) is 9.13 Å². The predicted molar refractivity (Wildman–Crippen MR) is 58.3 cm³/mol. The summed E-state index contributed by atoms with van der Waals surface area (Å²) in [4.78, 5) is 11.1. The number of halogens is 1. The summed E-state index contributed by atoms with van der Waals surface area (Å²) in [5, 5.41) is 0. The van der Waals surface area contributed by atoms with Crippen LogP contribution in [0.25, 0.3) is 0 Å². The Morgan fingerprint density at radius 1 is 1.42 bits per heavy atom. The zero-order valence-corrected chi connectivity index (χ0v) is 9.33. The lowest BCUT2D eigenvalue weighted by atomic mass is 9.98. The monoisotopic (exact) mass is 274 g/mol. The molecule has 0 saturated heterocycles. The van der Waals surface area contributed by atoms with Gasteiger partial charge in [-0.25, -0.2) is 0 Å². The van der Waals surface area contributed by atoms with Gasteiger partial charge in [0.25, 0.3) is 0 Å². The summed E-state index contributed by atoms with van der Waals surface area (Å²) in [6.45, 7) is 3.58. The number of rotatable bonds is 2. The average Bonchev–Trinajstić information content (AvgIpc) is 2.04. The first kappa shape index (κ1) is 9.71. The molecular weight excluding hydrogens is 263 g/mol. The fraction of sp³-hybridized carbons (Fsp3) is 0.300. The molecule has 0 aliphatic rings. The van der Waals surface area contributed by atoms with Crippen LogP contribution in [0.15, 0.2) is 24.3 Å². The highest BCUT2D eigenvalue weighted by Gasteiger charge is 2.12. The average molecular weight is 274 g/mol. The standard InChI is InChI=1S/C10H11IO/c1-7(8(2)12)9-5-3-4-6-10(9)11/h3-7H,1-2H3. The molecule has 1 aromatic rings. The van der Waals surface area contributed by atoms with Crippen molar-refractivity contribution >= 4 is 28.4 Å². The number of carbonyl (C=O) groups is 1. The van der Waals surface area contributed by atoms with Crippen LogP contribution in [0, 0.1) is 3.57 Å². The topological polar surface area (TPSA) is 17.1 Å². The summed E-state index contributed by atoms with van der Waals surface area (Å²) in [7, 11) is 0. The zero-order chi connectivity index (χ0) is 9.14. The van der Waals surface area contributed by atoms with Crippen LogP contribution in [0.1, 0.15) is 25.3 Å². The third-order valence-corrected chi connectivity index (χ3v) is 2.96. The first-order valence-electron chi connectivity index (χ1n) is 3.88.